The van der Waals surface area contributed by atoms with Crippen LogP contribution in [0.5, 0.6) is 5.75 Å². The second-order valence-electron chi connectivity index (χ2n) is 7.13. The number of hydrogen-bond acceptors (Lipinski definition) is 5. The van der Waals surface area contributed by atoms with Crippen molar-refractivity contribution in [2.45, 2.75) is 13.5 Å². The molecule has 0 fully saturated rings. The number of ether oxygens (including phenoxy) is 2. The van der Waals surface area contributed by atoms with Crippen LogP contribution in [0.25, 0.3) is 21.5 Å². The Bertz CT molecular complexity index is 1350. The van der Waals surface area contributed by atoms with E-state index in [0.29, 0.717) is 22.2 Å². The van der Waals surface area contributed by atoms with Gasteiger partial charge in [-0.15, -0.1) is 0 Å². The number of nitrogens with zero attached hydrogens (tertiary/aromatic N) is 1. The number of amides is 1. The molecule has 4 rings (SSSR count). The number of esters is 1. The Morgan fingerprint density at radius 2 is 1.66 bits per heavy atom. The second-order valence-corrected chi connectivity index (χ2v) is 7.13. The van der Waals surface area contributed by atoms with E-state index in [1.807, 2.05) is 42.5 Å². The van der Waals surface area contributed by atoms with Gasteiger partial charge in [-0.05, 0) is 36.6 Å². The first-order valence-corrected chi connectivity index (χ1v) is 10.2. The van der Waals surface area contributed by atoms with Gasteiger partial charge in [0.1, 0.15) is 12.3 Å². The molecule has 1 amide bonds. The molecule has 1 aromatic heterocycles. The molecule has 4 aromatic rings. The highest BCUT2D eigenvalue weighted by atomic mass is 16.6. The van der Waals surface area contributed by atoms with E-state index in [1.54, 1.807) is 37.4 Å². The van der Waals surface area contributed by atoms with Gasteiger partial charge in [0.2, 0.25) is 5.91 Å². The van der Waals surface area contributed by atoms with Gasteiger partial charge >= 0.3 is 5.97 Å². The van der Waals surface area contributed by atoms with E-state index >= 15 is 0 Å². The number of pyridine rings is 1. The molecule has 0 aliphatic rings. The second kappa shape index (κ2) is 9.34. The van der Waals surface area contributed by atoms with Crippen molar-refractivity contribution in [1.29, 1.82) is 0 Å². The fourth-order valence-corrected chi connectivity index (χ4v) is 3.56. The van der Waals surface area contributed by atoms with Crippen molar-refractivity contribution in [2.24, 2.45) is 0 Å². The molecule has 0 spiro atoms. The third-order valence-corrected chi connectivity index (χ3v) is 5.01. The predicted molar refractivity (Wildman–Crippen MR) is 123 cm³/mol. The minimum atomic E-state index is -0.483. The summed E-state index contributed by atoms with van der Waals surface area (Å²) in [5.74, 6) is -0.388. The van der Waals surface area contributed by atoms with Crippen molar-refractivity contribution in [3.63, 3.8) is 0 Å². The molecule has 0 aliphatic carbocycles. The summed E-state index contributed by atoms with van der Waals surface area (Å²) in [5, 5.41) is 5.79. The van der Waals surface area contributed by atoms with Crippen molar-refractivity contribution in [3.8, 4) is 5.75 Å². The van der Waals surface area contributed by atoms with Crippen molar-refractivity contribution >= 4 is 39.1 Å². The first-order valence-electron chi connectivity index (χ1n) is 10.2. The smallest absolute Gasteiger partial charge is 0.344 e. The number of benzene rings is 3. The Morgan fingerprint density at radius 3 is 2.50 bits per heavy atom. The van der Waals surface area contributed by atoms with Crippen LogP contribution < -0.4 is 15.6 Å². The van der Waals surface area contributed by atoms with Gasteiger partial charge in [-0.2, -0.15) is 0 Å². The number of aromatic nitrogens is 1. The quantitative estimate of drug-likeness (QED) is 0.452. The van der Waals surface area contributed by atoms with Crippen LogP contribution in [0.2, 0.25) is 0 Å². The number of hydrogen-bond donors (Lipinski definition) is 1. The average Bonchev–Trinajstić information content (AvgIpc) is 2.80. The summed E-state index contributed by atoms with van der Waals surface area (Å²) in [7, 11) is 0. The fourth-order valence-electron chi connectivity index (χ4n) is 3.56. The highest BCUT2D eigenvalue weighted by Gasteiger charge is 2.12. The highest BCUT2D eigenvalue weighted by Crippen LogP contribution is 2.24. The van der Waals surface area contributed by atoms with E-state index in [4.69, 9.17) is 9.47 Å². The lowest BCUT2D eigenvalue weighted by Crippen LogP contribution is -2.27. The maximum atomic E-state index is 13.0. The van der Waals surface area contributed by atoms with Gasteiger partial charge in [0.15, 0.2) is 6.61 Å². The molecule has 1 heterocycles. The van der Waals surface area contributed by atoms with E-state index in [1.165, 1.54) is 4.57 Å². The van der Waals surface area contributed by atoms with Crippen LogP contribution >= 0.6 is 0 Å². The molecular formula is C25H22N2O5. The topological polar surface area (TPSA) is 86.6 Å². The molecule has 0 unspecified atom stereocenters. The molecule has 0 saturated heterocycles. The lowest BCUT2D eigenvalue weighted by Gasteiger charge is -2.12. The first kappa shape index (κ1) is 21.1. The Labute approximate surface area is 184 Å². The molecule has 7 heteroatoms. The standard InChI is InChI=1S/C25H22N2O5/c1-2-31-24(29)16-32-22-12-6-10-20-19(22)13-14-27(25(20)30)15-23(28)26-21-11-5-8-17-7-3-4-9-18(17)21/h3-14H,2,15-16H2,1H3,(H,26,28). The maximum Gasteiger partial charge on any atom is 0.344 e. The molecule has 0 saturated carbocycles. The van der Waals surface area contributed by atoms with E-state index in [-0.39, 0.29) is 31.2 Å². The number of rotatable bonds is 7. The zero-order chi connectivity index (χ0) is 22.5. The minimum absolute atomic E-state index is 0.133. The van der Waals surface area contributed by atoms with Gasteiger partial charge in [-0.1, -0.05) is 42.5 Å². The predicted octanol–water partition coefficient (Wildman–Crippen LogP) is 3.74. The normalized spacial score (nSPS) is 10.8. The van der Waals surface area contributed by atoms with Gasteiger partial charge < -0.3 is 19.4 Å². The highest BCUT2D eigenvalue weighted by molar-refractivity contribution is 6.02. The van der Waals surface area contributed by atoms with Crippen LogP contribution in [0.4, 0.5) is 5.69 Å². The third kappa shape index (κ3) is 4.46. The lowest BCUT2D eigenvalue weighted by atomic mass is 10.1. The van der Waals surface area contributed by atoms with E-state index in [2.05, 4.69) is 5.32 Å². The van der Waals surface area contributed by atoms with E-state index in [9.17, 15) is 14.4 Å². The molecular weight excluding hydrogens is 408 g/mol. The maximum absolute atomic E-state index is 13.0. The van der Waals surface area contributed by atoms with Gasteiger partial charge in [0.05, 0.1) is 12.0 Å². The number of carbonyl (C=O) groups excluding carboxylic acids is 2. The van der Waals surface area contributed by atoms with Crippen LogP contribution in [0.3, 0.4) is 0 Å². The van der Waals surface area contributed by atoms with Crippen molar-refractivity contribution < 1.29 is 19.1 Å². The largest absolute Gasteiger partial charge is 0.481 e. The zero-order valence-electron chi connectivity index (χ0n) is 17.5. The first-order chi connectivity index (χ1) is 15.6. The molecule has 0 bridgehead atoms. The molecule has 3 aromatic carbocycles. The van der Waals surface area contributed by atoms with Gasteiger partial charge in [0.25, 0.3) is 5.56 Å². The van der Waals surface area contributed by atoms with Gasteiger partial charge in [-0.3, -0.25) is 9.59 Å². The Morgan fingerprint density at radius 1 is 0.906 bits per heavy atom. The number of anilines is 1. The molecule has 32 heavy (non-hydrogen) atoms. The minimum Gasteiger partial charge on any atom is -0.481 e. The lowest BCUT2D eigenvalue weighted by molar-refractivity contribution is -0.145. The van der Waals surface area contributed by atoms with E-state index in [0.717, 1.165) is 10.8 Å². The summed E-state index contributed by atoms with van der Waals surface area (Å²) in [6.45, 7) is 1.60. The van der Waals surface area contributed by atoms with Crippen molar-refractivity contribution in [1.82, 2.24) is 4.57 Å². The fraction of sp³-hybridized carbons (Fsp3) is 0.160. The molecule has 7 nitrogen and oxygen atoms in total. The van der Waals surface area contributed by atoms with Crippen LogP contribution in [-0.4, -0.2) is 29.7 Å². The molecule has 1 N–H and O–H groups in total. The summed E-state index contributed by atoms with van der Waals surface area (Å²) in [4.78, 5) is 37.2. The molecule has 0 radical (unpaired) electrons. The summed E-state index contributed by atoms with van der Waals surface area (Å²) in [6, 6.07) is 20.1. The Hall–Kier alpha value is -4.13. The van der Waals surface area contributed by atoms with Gasteiger partial charge in [-0.25, -0.2) is 4.79 Å². The summed E-state index contributed by atoms with van der Waals surface area (Å²) >= 11 is 0. The Balaban J connectivity index is 1.54. The van der Waals surface area contributed by atoms with Gasteiger partial charge in [0, 0.05) is 22.7 Å². The average molecular weight is 430 g/mol. The zero-order valence-corrected chi connectivity index (χ0v) is 17.5. The number of nitrogens with one attached hydrogen (secondary N) is 1. The third-order valence-electron chi connectivity index (χ3n) is 5.01. The molecule has 162 valence electrons. The van der Waals surface area contributed by atoms with E-state index < -0.39 is 5.97 Å². The molecule has 0 atom stereocenters. The van der Waals surface area contributed by atoms with Crippen LogP contribution in [0, 0.1) is 0 Å². The monoisotopic (exact) mass is 430 g/mol. The van der Waals surface area contributed by atoms with Crippen molar-refractivity contribution in [2.75, 3.05) is 18.5 Å². The van der Waals surface area contributed by atoms with Crippen LogP contribution in [0.1, 0.15) is 6.92 Å². The number of carbonyl (C=O) groups is 2. The summed E-state index contributed by atoms with van der Waals surface area (Å²) < 4.78 is 11.7. The SMILES string of the molecule is CCOC(=O)COc1cccc2c(=O)n(CC(=O)Nc3cccc4ccccc34)ccc12. The number of fused-ring (bicyclic) bond motifs is 2. The Kier molecular flexibility index (Phi) is 6.17. The van der Waals surface area contributed by atoms with Crippen molar-refractivity contribution in [3.05, 3.63) is 83.3 Å². The van der Waals surface area contributed by atoms with Crippen LogP contribution in [0.15, 0.2) is 77.7 Å². The van der Waals surface area contributed by atoms with Crippen LogP contribution in [-0.2, 0) is 20.9 Å². The summed E-state index contributed by atoms with van der Waals surface area (Å²) in [5.41, 5.74) is 0.369. The summed E-state index contributed by atoms with van der Waals surface area (Å²) in [6.07, 6.45) is 1.55. The molecule has 0 aliphatic heterocycles.